The Hall–Kier alpha value is -3.56. The van der Waals surface area contributed by atoms with Crippen molar-refractivity contribution in [2.24, 2.45) is 0 Å². The van der Waals surface area contributed by atoms with E-state index < -0.39 is 24.8 Å². The van der Waals surface area contributed by atoms with Crippen molar-refractivity contribution < 1.29 is 42.1 Å². The number of ether oxygens (including phenoxy) is 5. The Morgan fingerprint density at radius 1 is 1.07 bits per heavy atom. The molecule has 0 atom stereocenters. The summed E-state index contributed by atoms with van der Waals surface area (Å²) in [6, 6.07) is 8.21. The van der Waals surface area contributed by atoms with Crippen LogP contribution in [0.5, 0.6) is 23.0 Å². The van der Waals surface area contributed by atoms with E-state index in [1.807, 2.05) is 0 Å². The molecule has 29 heavy (non-hydrogen) atoms. The highest BCUT2D eigenvalue weighted by Gasteiger charge is 2.43. The number of anilines is 1. The summed E-state index contributed by atoms with van der Waals surface area (Å²) in [7, 11) is 1.47. The van der Waals surface area contributed by atoms with Gasteiger partial charge in [-0.2, -0.15) is 0 Å². The molecule has 1 N–H and O–H groups in total. The predicted molar refractivity (Wildman–Crippen MR) is 95.7 cm³/mol. The first-order chi connectivity index (χ1) is 13.8. The molecule has 8 nitrogen and oxygen atoms in total. The van der Waals surface area contributed by atoms with Crippen LogP contribution in [0.25, 0.3) is 0 Å². The SMILES string of the molecule is CCOc1cc(C(=O)OCC(=O)Nc2ccc3c(c2)OC(F)(F)O3)ccc1OC. The molecule has 0 fully saturated rings. The topological polar surface area (TPSA) is 92.3 Å². The van der Waals surface area contributed by atoms with Crippen molar-refractivity contribution in [3.05, 3.63) is 42.0 Å². The predicted octanol–water partition coefficient (Wildman–Crippen LogP) is 3.21. The molecule has 3 rings (SSSR count). The molecule has 1 aliphatic heterocycles. The van der Waals surface area contributed by atoms with Crippen molar-refractivity contribution in [1.82, 2.24) is 0 Å². The third kappa shape index (κ3) is 4.84. The van der Waals surface area contributed by atoms with Crippen LogP contribution >= 0.6 is 0 Å². The zero-order valence-electron chi connectivity index (χ0n) is 15.5. The van der Waals surface area contributed by atoms with Gasteiger partial charge in [-0.25, -0.2) is 4.79 Å². The van der Waals surface area contributed by atoms with Gasteiger partial charge in [0.05, 0.1) is 19.3 Å². The van der Waals surface area contributed by atoms with E-state index in [0.717, 1.165) is 0 Å². The van der Waals surface area contributed by atoms with E-state index in [2.05, 4.69) is 14.8 Å². The zero-order chi connectivity index (χ0) is 21.0. The Bertz CT molecular complexity index is 933. The summed E-state index contributed by atoms with van der Waals surface area (Å²) in [6.45, 7) is 1.57. The fourth-order valence-corrected chi connectivity index (χ4v) is 2.51. The molecule has 1 amide bonds. The molecule has 154 valence electrons. The second kappa shape index (κ2) is 8.21. The van der Waals surface area contributed by atoms with Crippen LogP contribution in [0, 0.1) is 0 Å². The van der Waals surface area contributed by atoms with Crippen molar-refractivity contribution >= 4 is 17.6 Å². The van der Waals surface area contributed by atoms with Gasteiger partial charge in [0, 0.05) is 11.8 Å². The molecule has 1 aliphatic rings. The lowest BCUT2D eigenvalue weighted by atomic mass is 10.2. The molecule has 0 saturated carbocycles. The smallest absolute Gasteiger partial charge is 0.493 e. The summed E-state index contributed by atoms with van der Waals surface area (Å²) in [5, 5.41) is 2.41. The fraction of sp³-hybridized carbons (Fsp3) is 0.263. The zero-order valence-corrected chi connectivity index (χ0v) is 15.5. The number of carbonyl (C=O) groups excluding carboxylic acids is 2. The Morgan fingerprint density at radius 3 is 2.55 bits per heavy atom. The standard InChI is InChI=1S/C19H17F2NO7/c1-3-26-15-8-11(4-6-13(15)25-2)18(24)27-10-17(23)22-12-5-7-14-16(9-12)29-19(20,21)28-14/h4-9H,3,10H2,1-2H3,(H,22,23). The summed E-state index contributed by atoms with van der Waals surface area (Å²) in [6.07, 6.45) is -3.75. The lowest BCUT2D eigenvalue weighted by Gasteiger charge is -2.11. The minimum atomic E-state index is -3.75. The molecule has 0 bridgehead atoms. The van der Waals surface area contributed by atoms with Crippen LogP contribution in [0.4, 0.5) is 14.5 Å². The number of esters is 1. The van der Waals surface area contributed by atoms with Crippen molar-refractivity contribution in [1.29, 1.82) is 0 Å². The van der Waals surface area contributed by atoms with Gasteiger partial charge in [-0.3, -0.25) is 4.79 Å². The average molecular weight is 409 g/mol. The first-order valence-electron chi connectivity index (χ1n) is 8.49. The fourth-order valence-electron chi connectivity index (χ4n) is 2.51. The lowest BCUT2D eigenvalue weighted by molar-refractivity contribution is -0.286. The third-order valence-corrected chi connectivity index (χ3v) is 3.72. The maximum atomic E-state index is 13.0. The molecule has 2 aromatic rings. The van der Waals surface area contributed by atoms with E-state index in [0.29, 0.717) is 18.1 Å². The van der Waals surface area contributed by atoms with Crippen molar-refractivity contribution in [3.8, 4) is 23.0 Å². The third-order valence-electron chi connectivity index (χ3n) is 3.72. The van der Waals surface area contributed by atoms with E-state index in [-0.39, 0.29) is 22.7 Å². The van der Waals surface area contributed by atoms with Crippen LogP contribution in [0.1, 0.15) is 17.3 Å². The Balaban J connectivity index is 1.57. The van der Waals surface area contributed by atoms with Crippen LogP contribution in [0.2, 0.25) is 0 Å². The van der Waals surface area contributed by atoms with Gasteiger partial charge in [0.15, 0.2) is 29.6 Å². The number of halogens is 2. The number of fused-ring (bicyclic) bond motifs is 1. The largest absolute Gasteiger partial charge is 0.586 e. The number of carbonyl (C=O) groups is 2. The summed E-state index contributed by atoms with van der Waals surface area (Å²) < 4.78 is 50.1. The molecular formula is C19H17F2NO7. The number of alkyl halides is 2. The van der Waals surface area contributed by atoms with Gasteiger partial charge in [-0.1, -0.05) is 0 Å². The minimum Gasteiger partial charge on any atom is -0.493 e. The van der Waals surface area contributed by atoms with Crippen LogP contribution in [-0.2, 0) is 9.53 Å². The highest BCUT2D eigenvalue weighted by molar-refractivity contribution is 5.96. The van der Waals surface area contributed by atoms with E-state index >= 15 is 0 Å². The van der Waals surface area contributed by atoms with Crippen molar-refractivity contribution in [3.63, 3.8) is 0 Å². The van der Waals surface area contributed by atoms with Gasteiger partial charge in [0.25, 0.3) is 5.91 Å². The molecule has 0 unspecified atom stereocenters. The van der Waals surface area contributed by atoms with E-state index in [1.54, 1.807) is 13.0 Å². The Morgan fingerprint density at radius 2 is 1.83 bits per heavy atom. The molecule has 1 heterocycles. The lowest BCUT2D eigenvalue weighted by Crippen LogP contribution is -2.25. The molecular weight excluding hydrogens is 392 g/mol. The Kier molecular flexibility index (Phi) is 5.71. The van der Waals surface area contributed by atoms with Gasteiger partial charge in [-0.15, -0.1) is 8.78 Å². The number of rotatable bonds is 7. The van der Waals surface area contributed by atoms with E-state index in [1.165, 1.54) is 37.4 Å². The molecule has 2 aromatic carbocycles. The maximum absolute atomic E-state index is 13.0. The summed E-state index contributed by atoms with van der Waals surface area (Å²) in [5.74, 6) is -0.951. The van der Waals surface area contributed by atoms with Gasteiger partial charge in [-0.05, 0) is 37.3 Å². The number of hydrogen-bond donors (Lipinski definition) is 1. The highest BCUT2D eigenvalue weighted by atomic mass is 19.3. The summed E-state index contributed by atoms with van der Waals surface area (Å²) in [4.78, 5) is 24.2. The number of nitrogens with one attached hydrogen (secondary N) is 1. The average Bonchev–Trinajstić information content (AvgIpc) is 2.99. The maximum Gasteiger partial charge on any atom is 0.586 e. The monoisotopic (exact) mass is 409 g/mol. The van der Waals surface area contributed by atoms with Gasteiger partial charge in [0.2, 0.25) is 0 Å². The van der Waals surface area contributed by atoms with Crippen LogP contribution in [0.15, 0.2) is 36.4 Å². The number of amides is 1. The van der Waals surface area contributed by atoms with E-state index in [4.69, 9.17) is 14.2 Å². The van der Waals surface area contributed by atoms with Crippen molar-refractivity contribution in [2.45, 2.75) is 13.2 Å². The molecule has 0 saturated heterocycles. The normalized spacial score (nSPS) is 13.5. The molecule has 0 aliphatic carbocycles. The second-order valence-electron chi connectivity index (χ2n) is 5.75. The quantitative estimate of drug-likeness (QED) is 0.702. The molecule has 0 spiro atoms. The highest BCUT2D eigenvalue weighted by Crippen LogP contribution is 2.42. The van der Waals surface area contributed by atoms with Crippen molar-refractivity contribution in [2.75, 3.05) is 25.6 Å². The van der Waals surface area contributed by atoms with Gasteiger partial charge < -0.3 is 29.0 Å². The number of hydrogen-bond acceptors (Lipinski definition) is 7. The first kappa shape index (κ1) is 20.2. The number of benzene rings is 2. The van der Waals surface area contributed by atoms with Crippen LogP contribution in [-0.4, -0.2) is 38.5 Å². The Labute approximate surface area is 164 Å². The van der Waals surface area contributed by atoms with E-state index in [9.17, 15) is 18.4 Å². The van der Waals surface area contributed by atoms with Crippen LogP contribution < -0.4 is 24.3 Å². The summed E-state index contributed by atoms with van der Waals surface area (Å²) in [5.41, 5.74) is 0.349. The second-order valence-corrected chi connectivity index (χ2v) is 5.75. The number of methoxy groups -OCH3 is 1. The van der Waals surface area contributed by atoms with Crippen LogP contribution in [0.3, 0.4) is 0 Å². The molecule has 10 heteroatoms. The van der Waals surface area contributed by atoms with Gasteiger partial charge >= 0.3 is 12.3 Å². The minimum absolute atomic E-state index is 0.149. The molecule has 0 aromatic heterocycles. The first-order valence-corrected chi connectivity index (χ1v) is 8.49. The summed E-state index contributed by atoms with van der Waals surface area (Å²) >= 11 is 0. The molecule has 0 radical (unpaired) electrons. The van der Waals surface area contributed by atoms with Gasteiger partial charge in [0.1, 0.15) is 0 Å².